The van der Waals surface area contributed by atoms with Gasteiger partial charge in [0.2, 0.25) is 11.7 Å². The molecule has 1 aromatic heterocycles. The van der Waals surface area contributed by atoms with Crippen LogP contribution in [0.15, 0.2) is 89.5 Å². The van der Waals surface area contributed by atoms with Gasteiger partial charge in [0.1, 0.15) is 5.75 Å². The second-order valence-corrected chi connectivity index (χ2v) is 7.45. The van der Waals surface area contributed by atoms with Gasteiger partial charge in [0.25, 0.3) is 0 Å². The molecule has 0 fully saturated rings. The maximum Gasteiger partial charge on any atom is 0.316 e. The Kier molecular flexibility index (Phi) is 7.29. The molecule has 8 nitrogen and oxygen atoms in total. The number of benzene rings is 3. The lowest BCUT2D eigenvalue weighted by Gasteiger charge is -2.18. The third-order valence-electron chi connectivity index (χ3n) is 5.21. The summed E-state index contributed by atoms with van der Waals surface area (Å²) in [6.45, 7) is 0.460. The van der Waals surface area contributed by atoms with Crippen molar-refractivity contribution in [1.82, 2.24) is 20.8 Å². The van der Waals surface area contributed by atoms with E-state index < -0.39 is 11.8 Å². The molecular weight excluding hydrogens is 432 g/mol. The van der Waals surface area contributed by atoms with Gasteiger partial charge in [0.05, 0.1) is 13.0 Å². The van der Waals surface area contributed by atoms with E-state index in [2.05, 4.69) is 20.8 Å². The molecule has 8 heteroatoms. The smallest absolute Gasteiger partial charge is 0.316 e. The lowest BCUT2D eigenvalue weighted by molar-refractivity contribution is -0.121. The molecule has 2 amide bonds. The monoisotopic (exact) mass is 456 g/mol. The molecule has 2 N–H and O–H groups in total. The van der Waals surface area contributed by atoms with E-state index in [9.17, 15) is 9.59 Å². The molecule has 172 valence electrons. The van der Waals surface area contributed by atoms with Gasteiger partial charge in [-0.2, -0.15) is 4.98 Å². The van der Waals surface area contributed by atoms with Crippen LogP contribution >= 0.6 is 0 Å². The second-order valence-electron chi connectivity index (χ2n) is 7.45. The van der Waals surface area contributed by atoms with Crippen molar-refractivity contribution in [2.45, 2.75) is 5.92 Å². The number of aromatic nitrogens is 2. The number of ether oxygens (including phenoxy) is 1. The number of carbonyl (C=O) groups excluding carboxylic acids is 2. The van der Waals surface area contributed by atoms with Gasteiger partial charge in [0.15, 0.2) is 0 Å². The van der Waals surface area contributed by atoms with Crippen molar-refractivity contribution in [3.63, 3.8) is 0 Å². The van der Waals surface area contributed by atoms with Crippen LogP contribution in [0.2, 0.25) is 0 Å². The first-order valence-electron chi connectivity index (χ1n) is 10.8. The summed E-state index contributed by atoms with van der Waals surface area (Å²) in [7, 11) is 1.58. The minimum atomic E-state index is -0.510. The van der Waals surface area contributed by atoms with Crippen molar-refractivity contribution in [2.24, 2.45) is 0 Å². The molecule has 3 aromatic carbocycles. The largest absolute Gasteiger partial charge is 0.497 e. The van der Waals surface area contributed by atoms with E-state index in [-0.39, 0.29) is 24.9 Å². The van der Waals surface area contributed by atoms with Gasteiger partial charge in [-0.1, -0.05) is 65.8 Å². The normalized spacial score (nSPS) is 10.6. The summed E-state index contributed by atoms with van der Waals surface area (Å²) in [5.74, 6) is -0.246. The summed E-state index contributed by atoms with van der Waals surface area (Å²) in [6.07, 6.45) is 0. The minimum Gasteiger partial charge on any atom is -0.497 e. The average molecular weight is 457 g/mol. The molecule has 1 heterocycles. The first-order valence-corrected chi connectivity index (χ1v) is 10.8. The summed E-state index contributed by atoms with van der Waals surface area (Å²) in [5.41, 5.74) is 2.49. The van der Waals surface area contributed by atoms with E-state index in [0.29, 0.717) is 17.1 Å². The molecule has 4 aromatic rings. The Morgan fingerprint density at radius 2 is 1.44 bits per heavy atom. The average Bonchev–Trinajstić information content (AvgIpc) is 3.39. The highest BCUT2D eigenvalue weighted by Crippen LogP contribution is 2.24. The minimum absolute atomic E-state index is 0.147. The summed E-state index contributed by atoms with van der Waals surface area (Å²) in [5, 5.41) is 9.43. The third kappa shape index (κ3) is 5.47. The fourth-order valence-corrected chi connectivity index (χ4v) is 3.50. The summed E-state index contributed by atoms with van der Waals surface area (Å²) in [6, 6.07) is 26.2. The maximum absolute atomic E-state index is 13.0. The molecule has 4 rings (SSSR count). The predicted octanol–water partition coefficient (Wildman–Crippen LogP) is 3.42. The third-order valence-corrected chi connectivity index (χ3v) is 5.21. The highest BCUT2D eigenvalue weighted by molar-refractivity contribution is 5.90. The molecule has 0 aliphatic rings. The Labute approximate surface area is 197 Å². The van der Waals surface area contributed by atoms with Crippen molar-refractivity contribution in [2.75, 3.05) is 20.2 Å². The van der Waals surface area contributed by atoms with Crippen LogP contribution in [0.25, 0.3) is 11.4 Å². The SMILES string of the molecule is COc1ccc(-c2noc(C(=O)NCCNC(=O)C(c3ccccc3)c3ccccc3)n2)cc1. The number of nitrogens with one attached hydrogen (secondary N) is 2. The maximum atomic E-state index is 13.0. The number of amides is 2. The molecule has 0 saturated carbocycles. The molecule has 0 saturated heterocycles. The van der Waals surface area contributed by atoms with Crippen molar-refractivity contribution < 1.29 is 18.8 Å². The molecule has 34 heavy (non-hydrogen) atoms. The lowest BCUT2D eigenvalue weighted by atomic mass is 9.90. The van der Waals surface area contributed by atoms with E-state index in [1.165, 1.54) is 0 Å². The van der Waals surface area contributed by atoms with E-state index in [1.54, 1.807) is 31.4 Å². The summed E-state index contributed by atoms with van der Waals surface area (Å²) < 4.78 is 10.2. The first kappa shape index (κ1) is 22.7. The zero-order chi connectivity index (χ0) is 23.8. The Hall–Kier alpha value is -4.46. The van der Waals surface area contributed by atoms with Gasteiger partial charge in [-0.15, -0.1) is 0 Å². The van der Waals surface area contributed by atoms with E-state index >= 15 is 0 Å². The highest BCUT2D eigenvalue weighted by Gasteiger charge is 2.22. The van der Waals surface area contributed by atoms with Crippen LogP contribution in [-0.4, -0.2) is 42.2 Å². The van der Waals surface area contributed by atoms with Gasteiger partial charge >= 0.3 is 11.8 Å². The van der Waals surface area contributed by atoms with Crippen LogP contribution in [0.3, 0.4) is 0 Å². The van der Waals surface area contributed by atoms with Crippen LogP contribution in [0.1, 0.15) is 27.7 Å². The first-order chi connectivity index (χ1) is 16.7. The van der Waals surface area contributed by atoms with Gasteiger partial charge in [-0.05, 0) is 35.4 Å². The van der Waals surface area contributed by atoms with Gasteiger partial charge in [-0.3, -0.25) is 9.59 Å². The van der Waals surface area contributed by atoms with Crippen molar-refractivity contribution in [3.05, 3.63) is 102 Å². The molecule has 0 aliphatic heterocycles. The zero-order valence-electron chi connectivity index (χ0n) is 18.6. The lowest BCUT2D eigenvalue weighted by Crippen LogP contribution is -2.37. The van der Waals surface area contributed by atoms with Crippen molar-refractivity contribution >= 4 is 11.8 Å². The number of hydrogen-bond donors (Lipinski definition) is 2. The Morgan fingerprint density at radius 3 is 2.03 bits per heavy atom. The summed E-state index contributed by atoms with van der Waals surface area (Å²) >= 11 is 0. The van der Waals surface area contributed by atoms with Crippen LogP contribution in [0, 0.1) is 0 Å². The van der Waals surface area contributed by atoms with Crippen LogP contribution < -0.4 is 15.4 Å². The van der Waals surface area contributed by atoms with Crippen LogP contribution in [0.5, 0.6) is 5.75 Å². The number of hydrogen-bond acceptors (Lipinski definition) is 6. The van der Waals surface area contributed by atoms with E-state index in [0.717, 1.165) is 11.1 Å². The molecule has 0 radical (unpaired) electrons. The van der Waals surface area contributed by atoms with Crippen molar-refractivity contribution in [1.29, 1.82) is 0 Å². The van der Waals surface area contributed by atoms with Crippen molar-refractivity contribution in [3.8, 4) is 17.1 Å². The van der Waals surface area contributed by atoms with E-state index in [1.807, 2.05) is 60.7 Å². The zero-order valence-corrected chi connectivity index (χ0v) is 18.6. The van der Waals surface area contributed by atoms with Gasteiger partial charge < -0.3 is 19.9 Å². The molecule has 0 unspecified atom stereocenters. The Morgan fingerprint density at radius 1 is 0.853 bits per heavy atom. The van der Waals surface area contributed by atoms with Gasteiger partial charge in [0, 0.05) is 18.7 Å². The number of nitrogens with zero attached hydrogens (tertiary/aromatic N) is 2. The standard InChI is InChI=1S/C26H24N4O4/c1-33-21-14-12-20(13-15-21)23-29-26(34-30-23)25(32)28-17-16-27-24(31)22(18-8-4-2-5-9-18)19-10-6-3-7-11-19/h2-15,22H,16-17H2,1H3,(H,27,31)(H,28,32). The fourth-order valence-electron chi connectivity index (χ4n) is 3.50. The topological polar surface area (TPSA) is 106 Å². The molecule has 0 spiro atoms. The summed E-state index contributed by atoms with van der Waals surface area (Å²) in [4.78, 5) is 29.5. The Bertz CT molecular complexity index is 1190. The second kappa shape index (κ2) is 10.9. The predicted molar refractivity (Wildman–Crippen MR) is 126 cm³/mol. The highest BCUT2D eigenvalue weighted by atomic mass is 16.5. The van der Waals surface area contributed by atoms with Crippen LogP contribution in [-0.2, 0) is 4.79 Å². The number of methoxy groups -OCH3 is 1. The fraction of sp³-hybridized carbons (Fsp3) is 0.154. The molecule has 0 aliphatic carbocycles. The molecular formula is C26H24N4O4. The van der Waals surface area contributed by atoms with Gasteiger partial charge in [-0.25, -0.2) is 0 Å². The number of carbonyl (C=O) groups is 2. The quantitative estimate of drug-likeness (QED) is 0.374. The van der Waals surface area contributed by atoms with E-state index in [4.69, 9.17) is 9.26 Å². The number of rotatable bonds is 9. The Balaban J connectivity index is 1.32. The molecule has 0 bridgehead atoms. The molecule has 0 atom stereocenters. The van der Waals surface area contributed by atoms with Crippen LogP contribution in [0.4, 0.5) is 0 Å².